The molecule has 170 valence electrons. The lowest BCUT2D eigenvalue weighted by atomic mass is 10.1. The van der Waals surface area contributed by atoms with Crippen LogP contribution in [0, 0.1) is 6.92 Å². The third-order valence-corrected chi connectivity index (χ3v) is 5.56. The fraction of sp³-hybridized carbons (Fsp3) is 0.320. The van der Waals surface area contributed by atoms with Crippen LogP contribution in [0.2, 0.25) is 0 Å². The van der Waals surface area contributed by atoms with E-state index in [0.717, 1.165) is 34.0 Å². The molecule has 0 aliphatic rings. The van der Waals surface area contributed by atoms with Gasteiger partial charge in [0, 0.05) is 6.42 Å². The van der Waals surface area contributed by atoms with Gasteiger partial charge in [-0.3, -0.25) is 14.4 Å². The van der Waals surface area contributed by atoms with E-state index in [-0.39, 0.29) is 18.9 Å². The Morgan fingerprint density at radius 3 is 2.53 bits per heavy atom. The Balaban J connectivity index is 1.91. The molecule has 0 aliphatic carbocycles. The molecule has 7 heteroatoms. The number of benzene rings is 2. The van der Waals surface area contributed by atoms with Crippen LogP contribution in [0.15, 0.2) is 48.5 Å². The van der Waals surface area contributed by atoms with Crippen molar-refractivity contribution < 1.29 is 23.9 Å². The second-order valence-corrected chi connectivity index (χ2v) is 8.31. The number of amides is 1. The van der Waals surface area contributed by atoms with E-state index in [0.29, 0.717) is 30.8 Å². The summed E-state index contributed by atoms with van der Waals surface area (Å²) in [7, 11) is 0. The van der Waals surface area contributed by atoms with E-state index < -0.39 is 11.2 Å². The molecule has 0 unspecified atom stereocenters. The highest BCUT2D eigenvalue weighted by atomic mass is 32.2. The van der Waals surface area contributed by atoms with Crippen molar-refractivity contribution >= 4 is 35.3 Å². The number of primary amides is 1. The first-order valence-corrected chi connectivity index (χ1v) is 11.3. The van der Waals surface area contributed by atoms with E-state index in [2.05, 4.69) is 0 Å². The SMILES string of the molecule is C/C=C/c1ccc(C[C@H](SC=O)C(=O)OCc2ccc(OCCCC(N)=O)cc2C)cc1. The highest BCUT2D eigenvalue weighted by molar-refractivity contribution is 8.12. The Morgan fingerprint density at radius 1 is 1.16 bits per heavy atom. The van der Waals surface area contributed by atoms with Crippen molar-refractivity contribution in [2.75, 3.05) is 6.61 Å². The molecule has 2 N–H and O–H groups in total. The Morgan fingerprint density at radius 2 is 1.91 bits per heavy atom. The van der Waals surface area contributed by atoms with Crippen molar-refractivity contribution in [3.63, 3.8) is 0 Å². The van der Waals surface area contributed by atoms with Crippen molar-refractivity contribution in [1.29, 1.82) is 0 Å². The second kappa shape index (κ2) is 13.4. The molecule has 2 aromatic rings. The van der Waals surface area contributed by atoms with E-state index in [1.165, 1.54) is 0 Å². The van der Waals surface area contributed by atoms with E-state index in [1.807, 2.05) is 62.4 Å². The normalized spacial score (nSPS) is 11.8. The van der Waals surface area contributed by atoms with E-state index in [4.69, 9.17) is 15.2 Å². The maximum atomic E-state index is 12.6. The molecule has 0 radical (unpaired) electrons. The molecule has 0 aliphatic heterocycles. The zero-order chi connectivity index (χ0) is 23.3. The molecule has 1 amide bonds. The third kappa shape index (κ3) is 8.59. The van der Waals surface area contributed by atoms with Crippen LogP contribution in [-0.4, -0.2) is 29.4 Å². The van der Waals surface area contributed by atoms with Crippen molar-refractivity contribution in [2.45, 2.75) is 45.0 Å². The van der Waals surface area contributed by atoms with Gasteiger partial charge < -0.3 is 15.2 Å². The van der Waals surface area contributed by atoms with Gasteiger partial charge >= 0.3 is 5.97 Å². The van der Waals surface area contributed by atoms with Crippen LogP contribution < -0.4 is 10.5 Å². The number of esters is 1. The highest BCUT2D eigenvalue weighted by Gasteiger charge is 2.21. The van der Waals surface area contributed by atoms with Gasteiger partial charge in [0.25, 0.3) is 0 Å². The van der Waals surface area contributed by atoms with Crippen LogP contribution in [0.1, 0.15) is 42.0 Å². The number of carbonyl (C=O) groups is 3. The Bertz CT molecular complexity index is 940. The monoisotopic (exact) mass is 455 g/mol. The molecule has 1 atom stereocenters. The van der Waals surface area contributed by atoms with Crippen molar-refractivity contribution in [1.82, 2.24) is 0 Å². The highest BCUT2D eigenvalue weighted by Crippen LogP contribution is 2.21. The standard InChI is InChI=1S/C25H29NO5S/c1-3-5-19-7-9-20(10-8-19)15-23(32-17-27)25(29)31-16-21-11-12-22(14-18(21)2)30-13-4-6-24(26)28/h3,5,7-12,14,17,23H,4,6,13,15-16H2,1-2H3,(H2,26,28)/b5-3+/t23-/m0/s1. The summed E-state index contributed by atoms with van der Waals surface area (Å²) < 4.78 is 11.1. The molecule has 0 spiro atoms. The molecule has 2 aromatic carbocycles. The number of hydrogen-bond donors (Lipinski definition) is 1. The number of allylic oxidation sites excluding steroid dienone is 1. The molecule has 0 heterocycles. The molecule has 0 fully saturated rings. The minimum atomic E-state index is -0.603. The minimum Gasteiger partial charge on any atom is -0.494 e. The molecule has 0 saturated heterocycles. The summed E-state index contributed by atoms with van der Waals surface area (Å²) in [6.07, 6.45) is 5.21. The Hall–Kier alpha value is -3.06. The summed E-state index contributed by atoms with van der Waals surface area (Å²) in [5, 5.41) is -0.603. The molecule has 32 heavy (non-hydrogen) atoms. The van der Waals surface area contributed by atoms with E-state index in [1.54, 1.807) is 6.07 Å². The summed E-state index contributed by atoms with van der Waals surface area (Å²) in [4.78, 5) is 34.4. The van der Waals surface area contributed by atoms with Crippen LogP contribution in [0.4, 0.5) is 0 Å². The largest absolute Gasteiger partial charge is 0.494 e. The maximum Gasteiger partial charge on any atom is 0.320 e. The predicted octanol–water partition coefficient (Wildman–Crippen LogP) is 4.25. The van der Waals surface area contributed by atoms with Crippen molar-refractivity contribution in [3.8, 4) is 5.75 Å². The van der Waals surface area contributed by atoms with Crippen LogP contribution in [-0.2, 0) is 32.1 Å². The lowest BCUT2D eigenvalue weighted by Gasteiger charge is -2.15. The van der Waals surface area contributed by atoms with Gasteiger partial charge in [0.2, 0.25) is 5.91 Å². The predicted molar refractivity (Wildman–Crippen MR) is 128 cm³/mol. The summed E-state index contributed by atoms with van der Waals surface area (Å²) in [5.41, 5.74) is 9.61. The molecule has 2 rings (SSSR count). The second-order valence-electron chi connectivity index (χ2n) is 7.28. The summed E-state index contributed by atoms with van der Waals surface area (Å²) in [6, 6.07) is 13.4. The van der Waals surface area contributed by atoms with Crippen LogP contribution in [0.25, 0.3) is 6.08 Å². The quantitative estimate of drug-likeness (QED) is 0.276. The van der Waals surface area contributed by atoms with Gasteiger partial charge in [-0.2, -0.15) is 0 Å². The van der Waals surface area contributed by atoms with Gasteiger partial charge in [0.1, 0.15) is 17.6 Å². The van der Waals surface area contributed by atoms with Gasteiger partial charge in [-0.25, -0.2) is 0 Å². The first-order chi connectivity index (χ1) is 15.4. The van der Waals surface area contributed by atoms with E-state index >= 15 is 0 Å². The van der Waals surface area contributed by atoms with Gasteiger partial charge in [0.05, 0.1) is 6.61 Å². The topological polar surface area (TPSA) is 95.7 Å². The Kier molecular flexibility index (Phi) is 10.5. The molecule has 0 saturated carbocycles. The number of nitrogens with two attached hydrogens (primary N) is 1. The zero-order valence-electron chi connectivity index (χ0n) is 18.4. The van der Waals surface area contributed by atoms with E-state index in [9.17, 15) is 14.4 Å². The summed E-state index contributed by atoms with van der Waals surface area (Å²) >= 11 is 0.927. The number of thioether (sulfide) groups is 1. The smallest absolute Gasteiger partial charge is 0.320 e. The molecule has 6 nitrogen and oxygen atoms in total. The number of hydrogen-bond acceptors (Lipinski definition) is 6. The van der Waals surface area contributed by atoms with Crippen molar-refractivity contribution in [3.05, 3.63) is 70.8 Å². The number of rotatable bonds is 13. The lowest BCUT2D eigenvalue weighted by molar-refractivity contribution is -0.144. The first kappa shape index (κ1) is 25.2. The third-order valence-electron chi connectivity index (χ3n) is 4.76. The van der Waals surface area contributed by atoms with Crippen LogP contribution >= 0.6 is 11.8 Å². The lowest BCUT2D eigenvalue weighted by Crippen LogP contribution is -2.23. The first-order valence-electron chi connectivity index (χ1n) is 10.4. The summed E-state index contributed by atoms with van der Waals surface area (Å²) in [6.45, 7) is 4.37. The zero-order valence-corrected chi connectivity index (χ0v) is 19.2. The van der Waals surface area contributed by atoms with Crippen LogP contribution in [0.3, 0.4) is 0 Å². The maximum absolute atomic E-state index is 12.6. The van der Waals surface area contributed by atoms with Gasteiger partial charge in [-0.1, -0.05) is 54.2 Å². The van der Waals surface area contributed by atoms with Gasteiger partial charge in [0.15, 0.2) is 5.62 Å². The average Bonchev–Trinajstić information content (AvgIpc) is 2.77. The molecular formula is C25H29NO5S. The minimum absolute atomic E-state index is 0.114. The molecular weight excluding hydrogens is 426 g/mol. The number of ether oxygens (including phenoxy) is 2. The number of aryl methyl sites for hydroxylation is 1. The van der Waals surface area contributed by atoms with Crippen molar-refractivity contribution in [2.24, 2.45) is 5.73 Å². The molecule has 0 bridgehead atoms. The average molecular weight is 456 g/mol. The Labute approximate surface area is 193 Å². The van der Waals surface area contributed by atoms with Gasteiger partial charge in [-0.15, -0.1) is 0 Å². The summed E-state index contributed by atoms with van der Waals surface area (Å²) in [5.74, 6) is -0.0951. The number of carbonyl (C=O) groups excluding carboxylic acids is 3. The van der Waals surface area contributed by atoms with Crippen LogP contribution in [0.5, 0.6) is 5.75 Å². The van der Waals surface area contributed by atoms with Gasteiger partial charge in [-0.05, 0) is 61.1 Å². The molecule has 0 aromatic heterocycles. The fourth-order valence-corrected chi connectivity index (χ4v) is 3.63. The fourth-order valence-electron chi connectivity index (χ4n) is 3.02.